The molecule has 0 spiro atoms. The number of nitrogens with one attached hydrogen (secondary N) is 1. The standard InChI is InChI=1S/C27H29FN4O2/c1-17(2)19-9-11-21(12-10-19)25(20-7-5-4-6-8-20)31-26(33)24-13-22(28)15-32(24)27(34)23-14-29-16-30-18(23)3/h4-12,14,16-17,22,24-25H,13,15H2,1-3H3,(H,31,33)/t22-,24+,25+/m1/s1. The molecule has 0 aliphatic carbocycles. The first-order valence-corrected chi connectivity index (χ1v) is 11.5. The Morgan fingerprint density at radius 3 is 2.32 bits per heavy atom. The number of halogens is 1. The fourth-order valence-corrected chi connectivity index (χ4v) is 4.33. The van der Waals surface area contributed by atoms with Gasteiger partial charge in [-0.2, -0.15) is 0 Å². The van der Waals surface area contributed by atoms with E-state index in [1.165, 1.54) is 23.0 Å². The summed E-state index contributed by atoms with van der Waals surface area (Å²) in [5.41, 5.74) is 3.80. The van der Waals surface area contributed by atoms with Crippen LogP contribution in [0.25, 0.3) is 0 Å². The van der Waals surface area contributed by atoms with Crippen molar-refractivity contribution >= 4 is 11.8 Å². The largest absolute Gasteiger partial charge is 0.343 e. The molecule has 176 valence electrons. The van der Waals surface area contributed by atoms with Gasteiger partial charge in [0.2, 0.25) is 5.91 Å². The first-order chi connectivity index (χ1) is 16.3. The Balaban J connectivity index is 1.61. The molecule has 2 amide bonds. The highest BCUT2D eigenvalue weighted by atomic mass is 19.1. The molecule has 3 atom stereocenters. The van der Waals surface area contributed by atoms with Crippen molar-refractivity contribution in [3.05, 3.63) is 95.1 Å². The Morgan fingerprint density at radius 1 is 1.03 bits per heavy atom. The lowest BCUT2D eigenvalue weighted by Gasteiger charge is -2.27. The van der Waals surface area contributed by atoms with Crippen molar-refractivity contribution in [1.82, 2.24) is 20.2 Å². The number of likely N-dealkylation sites (tertiary alicyclic amines) is 1. The maximum atomic E-state index is 14.5. The number of amides is 2. The molecule has 1 fully saturated rings. The number of aryl methyl sites for hydroxylation is 1. The molecule has 0 radical (unpaired) electrons. The molecule has 1 N–H and O–H groups in total. The number of aromatic nitrogens is 2. The first-order valence-electron chi connectivity index (χ1n) is 11.5. The summed E-state index contributed by atoms with van der Waals surface area (Å²) in [6.07, 6.45) is 1.45. The van der Waals surface area contributed by atoms with Gasteiger partial charge in [0.15, 0.2) is 0 Å². The molecule has 2 aromatic carbocycles. The summed E-state index contributed by atoms with van der Waals surface area (Å²) >= 11 is 0. The lowest BCUT2D eigenvalue weighted by molar-refractivity contribution is -0.125. The van der Waals surface area contributed by atoms with E-state index in [1.54, 1.807) is 6.92 Å². The van der Waals surface area contributed by atoms with Crippen molar-refractivity contribution in [2.45, 2.75) is 51.4 Å². The third-order valence-electron chi connectivity index (χ3n) is 6.31. The highest BCUT2D eigenvalue weighted by Crippen LogP contribution is 2.28. The molecule has 4 rings (SSSR count). The van der Waals surface area contributed by atoms with Crippen molar-refractivity contribution in [3.8, 4) is 0 Å². The molecule has 6 nitrogen and oxygen atoms in total. The van der Waals surface area contributed by atoms with E-state index in [4.69, 9.17) is 0 Å². The molecular weight excluding hydrogens is 431 g/mol. The first kappa shape index (κ1) is 23.5. The highest BCUT2D eigenvalue weighted by Gasteiger charge is 2.41. The van der Waals surface area contributed by atoms with E-state index < -0.39 is 24.2 Å². The van der Waals surface area contributed by atoms with Crippen LogP contribution >= 0.6 is 0 Å². The van der Waals surface area contributed by atoms with Gasteiger partial charge in [-0.1, -0.05) is 68.4 Å². The minimum absolute atomic E-state index is 0.0435. The van der Waals surface area contributed by atoms with Crippen molar-refractivity contribution in [2.75, 3.05) is 6.54 Å². The van der Waals surface area contributed by atoms with Crippen LogP contribution < -0.4 is 5.32 Å². The van der Waals surface area contributed by atoms with E-state index in [1.807, 2.05) is 42.5 Å². The van der Waals surface area contributed by atoms with Crippen molar-refractivity contribution in [1.29, 1.82) is 0 Å². The molecule has 1 aromatic heterocycles. The number of carbonyl (C=O) groups is 2. The minimum atomic E-state index is -1.27. The molecule has 3 aromatic rings. The number of rotatable bonds is 6. The van der Waals surface area contributed by atoms with Crippen LogP contribution in [0, 0.1) is 6.92 Å². The van der Waals surface area contributed by atoms with Crippen molar-refractivity contribution in [3.63, 3.8) is 0 Å². The third-order valence-corrected chi connectivity index (χ3v) is 6.31. The van der Waals surface area contributed by atoms with Crippen LogP contribution in [-0.4, -0.2) is 45.4 Å². The van der Waals surface area contributed by atoms with Gasteiger partial charge in [0, 0.05) is 12.6 Å². The average Bonchev–Trinajstić information content (AvgIpc) is 3.24. The summed E-state index contributed by atoms with van der Waals surface area (Å²) in [7, 11) is 0. The maximum Gasteiger partial charge on any atom is 0.258 e. The Hall–Kier alpha value is -3.61. The number of benzene rings is 2. The summed E-state index contributed by atoms with van der Waals surface area (Å²) in [6, 6.07) is 16.4. The topological polar surface area (TPSA) is 75.2 Å². The van der Waals surface area contributed by atoms with E-state index in [-0.39, 0.29) is 24.4 Å². The molecule has 1 aliphatic rings. The Labute approximate surface area is 199 Å². The summed E-state index contributed by atoms with van der Waals surface area (Å²) in [4.78, 5) is 35.9. The van der Waals surface area contributed by atoms with Crippen LogP contribution in [0.15, 0.2) is 67.1 Å². The predicted octanol–water partition coefficient (Wildman–Crippen LogP) is 4.37. The van der Waals surface area contributed by atoms with Crippen LogP contribution in [0.5, 0.6) is 0 Å². The normalized spacial score (nSPS) is 18.7. The van der Waals surface area contributed by atoms with Crippen LogP contribution in [0.3, 0.4) is 0 Å². The summed E-state index contributed by atoms with van der Waals surface area (Å²) in [5, 5.41) is 3.08. The van der Waals surface area contributed by atoms with Gasteiger partial charge in [0.1, 0.15) is 18.5 Å². The zero-order valence-corrected chi connectivity index (χ0v) is 19.6. The van der Waals surface area contributed by atoms with Gasteiger partial charge < -0.3 is 10.2 Å². The van der Waals surface area contributed by atoms with Gasteiger partial charge in [-0.3, -0.25) is 9.59 Å². The molecule has 0 unspecified atom stereocenters. The van der Waals surface area contributed by atoms with Gasteiger partial charge in [-0.25, -0.2) is 14.4 Å². The van der Waals surface area contributed by atoms with Crippen molar-refractivity contribution < 1.29 is 14.0 Å². The molecule has 7 heteroatoms. The maximum absolute atomic E-state index is 14.5. The fourth-order valence-electron chi connectivity index (χ4n) is 4.33. The number of nitrogens with zero attached hydrogens (tertiary/aromatic N) is 3. The zero-order valence-electron chi connectivity index (χ0n) is 19.6. The lowest BCUT2D eigenvalue weighted by Crippen LogP contribution is -2.47. The SMILES string of the molecule is Cc1ncncc1C(=O)N1C[C@H](F)C[C@H]1C(=O)N[C@@H](c1ccccc1)c1ccc(C(C)C)cc1. The summed E-state index contributed by atoms with van der Waals surface area (Å²) in [5.74, 6) is -0.426. The number of carbonyl (C=O) groups excluding carboxylic acids is 2. The van der Waals surface area contributed by atoms with Crippen LogP contribution in [0.4, 0.5) is 4.39 Å². The molecule has 0 saturated carbocycles. The van der Waals surface area contributed by atoms with E-state index in [0.717, 1.165) is 11.1 Å². The van der Waals surface area contributed by atoms with E-state index in [2.05, 4.69) is 41.3 Å². The number of alkyl halides is 1. The average molecular weight is 461 g/mol. The second-order valence-electron chi connectivity index (χ2n) is 9.00. The molecular formula is C27H29FN4O2. The smallest absolute Gasteiger partial charge is 0.258 e. The Morgan fingerprint density at radius 2 is 1.68 bits per heavy atom. The molecule has 0 bridgehead atoms. The fraction of sp³-hybridized carbons (Fsp3) is 0.333. The van der Waals surface area contributed by atoms with Gasteiger partial charge in [0.05, 0.1) is 23.8 Å². The van der Waals surface area contributed by atoms with E-state index >= 15 is 0 Å². The number of hydrogen-bond donors (Lipinski definition) is 1. The molecule has 1 aliphatic heterocycles. The van der Waals surface area contributed by atoms with E-state index in [0.29, 0.717) is 11.6 Å². The van der Waals surface area contributed by atoms with E-state index in [9.17, 15) is 14.0 Å². The van der Waals surface area contributed by atoms with Gasteiger partial charge >= 0.3 is 0 Å². The quantitative estimate of drug-likeness (QED) is 0.593. The zero-order chi connectivity index (χ0) is 24.2. The summed E-state index contributed by atoms with van der Waals surface area (Å²) in [6.45, 7) is 5.82. The highest BCUT2D eigenvalue weighted by molar-refractivity contribution is 5.98. The van der Waals surface area contributed by atoms with Gasteiger partial charge in [-0.15, -0.1) is 0 Å². The Bertz CT molecular complexity index is 1150. The molecule has 1 saturated heterocycles. The lowest BCUT2D eigenvalue weighted by atomic mass is 9.95. The Kier molecular flexibility index (Phi) is 7.01. The van der Waals surface area contributed by atoms with Crippen molar-refractivity contribution in [2.24, 2.45) is 0 Å². The minimum Gasteiger partial charge on any atom is -0.343 e. The summed E-state index contributed by atoms with van der Waals surface area (Å²) < 4.78 is 14.5. The van der Waals surface area contributed by atoms with Gasteiger partial charge in [-0.05, 0) is 29.5 Å². The predicted molar refractivity (Wildman–Crippen MR) is 128 cm³/mol. The second-order valence-corrected chi connectivity index (χ2v) is 9.00. The van der Waals surface area contributed by atoms with Gasteiger partial charge in [0.25, 0.3) is 5.91 Å². The van der Waals surface area contributed by atoms with Crippen LogP contribution in [0.1, 0.15) is 65.0 Å². The number of hydrogen-bond acceptors (Lipinski definition) is 4. The second kappa shape index (κ2) is 10.1. The molecule has 34 heavy (non-hydrogen) atoms. The third kappa shape index (κ3) is 4.98. The van der Waals surface area contributed by atoms with Crippen LogP contribution in [-0.2, 0) is 4.79 Å². The molecule has 2 heterocycles. The monoisotopic (exact) mass is 460 g/mol. The van der Waals surface area contributed by atoms with Crippen LogP contribution in [0.2, 0.25) is 0 Å².